The fourth-order valence-electron chi connectivity index (χ4n) is 4.15. The van der Waals surface area contributed by atoms with Gasteiger partial charge in [-0.05, 0) is 43.0 Å². The molecule has 2 unspecified atom stereocenters. The van der Waals surface area contributed by atoms with Gasteiger partial charge in [0.05, 0.1) is 18.3 Å². The van der Waals surface area contributed by atoms with Crippen LogP contribution in [-0.4, -0.2) is 53.6 Å². The molecule has 1 saturated heterocycles. The number of carbonyl (C=O) groups excluding carboxylic acids is 1. The van der Waals surface area contributed by atoms with Gasteiger partial charge < -0.3 is 10.2 Å². The van der Waals surface area contributed by atoms with Gasteiger partial charge in [-0.25, -0.2) is 4.39 Å². The van der Waals surface area contributed by atoms with Gasteiger partial charge in [-0.2, -0.15) is 5.11 Å². The van der Waals surface area contributed by atoms with Gasteiger partial charge in [0.25, 0.3) is 0 Å². The molecular weight excluding hydrogens is 405 g/mol. The van der Waals surface area contributed by atoms with E-state index < -0.39 is 0 Å². The van der Waals surface area contributed by atoms with Gasteiger partial charge in [0, 0.05) is 31.1 Å². The Morgan fingerprint density at radius 2 is 2.30 bits per heavy atom. The summed E-state index contributed by atoms with van der Waals surface area (Å²) in [6, 6.07) is 4.17. The van der Waals surface area contributed by atoms with Crippen molar-refractivity contribution in [2.24, 2.45) is 10.3 Å². The first-order valence-corrected chi connectivity index (χ1v) is 10.7. The van der Waals surface area contributed by atoms with E-state index >= 15 is 0 Å². The summed E-state index contributed by atoms with van der Waals surface area (Å²) < 4.78 is 14.4. The molecule has 1 fully saturated rings. The van der Waals surface area contributed by atoms with E-state index in [0.717, 1.165) is 18.4 Å². The maximum atomic E-state index is 14.4. The Labute approximate surface area is 182 Å². The van der Waals surface area contributed by atoms with Gasteiger partial charge >= 0.3 is 0 Å². The van der Waals surface area contributed by atoms with Crippen molar-refractivity contribution in [1.29, 1.82) is 0 Å². The number of nitrogens with one attached hydrogen (secondary N) is 1. The minimum absolute atomic E-state index is 0.0194. The molecule has 1 amide bonds. The minimum atomic E-state index is -0.342. The quantitative estimate of drug-likeness (QED) is 0.652. The largest absolute Gasteiger partial charge is 0.376 e. The second kappa shape index (κ2) is 10.1. The molecule has 8 heteroatoms. The number of nitrogens with zero attached hydrogens (tertiary/aromatic N) is 4. The maximum Gasteiger partial charge on any atom is 0.220 e. The second-order valence-corrected chi connectivity index (χ2v) is 8.15. The summed E-state index contributed by atoms with van der Waals surface area (Å²) >= 11 is 6.09. The van der Waals surface area contributed by atoms with Crippen molar-refractivity contribution < 1.29 is 9.18 Å². The molecule has 2 bridgehead atoms. The molecule has 1 aromatic carbocycles. The molecule has 3 atom stereocenters. The highest BCUT2D eigenvalue weighted by atomic mass is 35.5. The monoisotopic (exact) mass is 433 g/mol. The van der Waals surface area contributed by atoms with Crippen molar-refractivity contribution in [2.45, 2.75) is 51.2 Å². The number of halogens is 2. The van der Waals surface area contributed by atoms with Crippen molar-refractivity contribution in [3.05, 3.63) is 53.3 Å². The third kappa shape index (κ3) is 5.19. The van der Waals surface area contributed by atoms with Crippen molar-refractivity contribution in [3.8, 4) is 0 Å². The van der Waals surface area contributed by atoms with Gasteiger partial charge in [-0.1, -0.05) is 35.9 Å². The van der Waals surface area contributed by atoms with Crippen LogP contribution >= 0.6 is 11.6 Å². The normalized spacial score (nSPS) is 24.9. The van der Waals surface area contributed by atoms with Crippen molar-refractivity contribution in [3.63, 3.8) is 0 Å². The number of hydrogen-bond acceptors (Lipinski definition) is 5. The molecule has 162 valence electrons. The van der Waals surface area contributed by atoms with E-state index in [-0.39, 0.29) is 29.8 Å². The molecule has 2 aliphatic heterocycles. The van der Waals surface area contributed by atoms with E-state index in [0.29, 0.717) is 36.8 Å². The topological polar surface area (TPSA) is 60.3 Å². The summed E-state index contributed by atoms with van der Waals surface area (Å²) in [5.41, 5.74) is 1.52. The lowest BCUT2D eigenvalue weighted by Gasteiger charge is -2.34. The van der Waals surface area contributed by atoms with Crippen LogP contribution < -0.4 is 5.32 Å². The zero-order valence-electron chi connectivity index (χ0n) is 17.5. The Morgan fingerprint density at radius 3 is 3.00 bits per heavy atom. The third-order valence-corrected chi connectivity index (χ3v) is 5.83. The fourth-order valence-corrected chi connectivity index (χ4v) is 4.32. The molecule has 1 N–H and O–H groups in total. The van der Waals surface area contributed by atoms with Crippen LogP contribution in [0.5, 0.6) is 0 Å². The molecule has 0 aromatic heterocycles. The van der Waals surface area contributed by atoms with E-state index in [1.807, 2.05) is 9.91 Å². The lowest BCUT2D eigenvalue weighted by Crippen LogP contribution is -2.47. The van der Waals surface area contributed by atoms with Crippen molar-refractivity contribution in [1.82, 2.24) is 9.91 Å². The number of carbonyl (C=O) groups is 1. The van der Waals surface area contributed by atoms with Crippen LogP contribution in [0.15, 0.2) is 52.8 Å². The van der Waals surface area contributed by atoms with E-state index in [1.54, 1.807) is 19.1 Å². The summed E-state index contributed by atoms with van der Waals surface area (Å²) in [6.07, 6.45) is 6.12. The van der Waals surface area contributed by atoms with E-state index in [2.05, 4.69) is 35.2 Å². The Balaban J connectivity index is 1.95. The van der Waals surface area contributed by atoms with Crippen LogP contribution in [0.4, 0.5) is 10.1 Å². The zero-order valence-corrected chi connectivity index (χ0v) is 18.3. The van der Waals surface area contributed by atoms with Gasteiger partial charge in [0.2, 0.25) is 5.91 Å². The molecule has 6 nitrogen and oxygen atoms in total. The molecule has 2 heterocycles. The average molecular weight is 434 g/mol. The van der Waals surface area contributed by atoms with E-state index in [4.69, 9.17) is 11.6 Å². The summed E-state index contributed by atoms with van der Waals surface area (Å²) in [4.78, 5) is 14.2. The highest BCUT2D eigenvalue weighted by Crippen LogP contribution is 2.30. The molecule has 0 radical (unpaired) electrons. The molecule has 2 aliphatic rings. The molecular formula is C22H29ClFN5O. The van der Waals surface area contributed by atoms with Crippen LogP contribution in [-0.2, 0) is 4.79 Å². The first-order valence-electron chi connectivity index (χ1n) is 10.4. The van der Waals surface area contributed by atoms with Crippen molar-refractivity contribution >= 4 is 23.2 Å². The molecule has 0 saturated carbocycles. The Bertz CT molecular complexity index is 843. The third-order valence-electron chi connectivity index (χ3n) is 5.59. The van der Waals surface area contributed by atoms with E-state index in [1.165, 1.54) is 12.1 Å². The number of amides is 1. The van der Waals surface area contributed by atoms with Crippen LogP contribution in [0.25, 0.3) is 0 Å². The fraction of sp³-hybridized carbons (Fsp3) is 0.500. The van der Waals surface area contributed by atoms with Gasteiger partial charge in [0.15, 0.2) is 0 Å². The van der Waals surface area contributed by atoms with Gasteiger partial charge in [-0.3, -0.25) is 9.80 Å². The maximum absolute atomic E-state index is 14.4. The summed E-state index contributed by atoms with van der Waals surface area (Å²) in [5, 5.41) is 14.5. The standard InChI is InChI=1S/C22H29ClFN5O/c1-4-6-16-12-22(29(10-5-2)15(3)30)21-14-28(27-26-21)11-9-19(16)25-20-13-17(23)7-8-18(20)24/h5-8,13,19,21-22,25H,2,4,9-12,14H2,1,3H3/b16-6+/t19?,21?,22-/m0/s1. The van der Waals surface area contributed by atoms with Crippen LogP contribution in [0.2, 0.25) is 5.02 Å². The van der Waals surface area contributed by atoms with Crippen LogP contribution in [0, 0.1) is 5.82 Å². The lowest BCUT2D eigenvalue weighted by atomic mass is 9.92. The first-order chi connectivity index (χ1) is 14.4. The Hall–Kier alpha value is -2.41. The predicted molar refractivity (Wildman–Crippen MR) is 118 cm³/mol. The Kier molecular flexibility index (Phi) is 7.48. The second-order valence-electron chi connectivity index (χ2n) is 7.71. The SMILES string of the molecule is C=CCN(C(C)=O)[C@H]1C/C(=C\CC)C(Nc2cc(Cl)ccc2F)CCN2CC1N=N2. The Morgan fingerprint density at radius 1 is 1.50 bits per heavy atom. The highest BCUT2D eigenvalue weighted by molar-refractivity contribution is 6.30. The molecule has 0 spiro atoms. The van der Waals surface area contributed by atoms with Gasteiger partial charge in [0.1, 0.15) is 11.9 Å². The molecule has 30 heavy (non-hydrogen) atoms. The van der Waals surface area contributed by atoms with Crippen LogP contribution in [0.3, 0.4) is 0 Å². The van der Waals surface area contributed by atoms with Crippen LogP contribution in [0.1, 0.15) is 33.1 Å². The number of hydrogen-bond donors (Lipinski definition) is 1. The average Bonchev–Trinajstić information content (AvgIpc) is 3.19. The van der Waals surface area contributed by atoms with Crippen molar-refractivity contribution in [2.75, 3.05) is 25.0 Å². The summed E-state index contributed by atoms with van der Waals surface area (Å²) in [7, 11) is 0. The number of rotatable bonds is 6. The van der Waals surface area contributed by atoms with Gasteiger partial charge in [-0.15, -0.1) is 6.58 Å². The number of anilines is 1. The predicted octanol–water partition coefficient (Wildman–Crippen LogP) is 4.84. The van der Waals surface area contributed by atoms with E-state index in [9.17, 15) is 9.18 Å². The number of allylic oxidation sites excluding steroid dienone is 1. The number of benzene rings is 1. The zero-order chi connectivity index (χ0) is 21.7. The lowest BCUT2D eigenvalue weighted by molar-refractivity contribution is -0.130. The minimum Gasteiger partial charge on any atom is -0.376 e. The summed E-state index contributed by atoms with van der Waals surface area (Å²) in [5.74, 6) is -0.362. The molecule has 3 rings (SSSR count). The number of fused-ring (bicyclic) bond motifs is 2. The molecule has 1 aromatic rings. The smallest absolute Gasteiger partial charge is 0.220 e. The highest BCUT2D eigenvalue weighted by Gasteiger charge is 2.36. The summed E-state index contributed by atoms with van der Waals surface area (Å²) in [6.45, 7) is 9.26. The first kappa shape index (κ1) is 22.3. The molecule has 0 aliphatic carbocycles.